The third-order valence-electron chi connectivity index (χ3n) is 1.56. The van der Waals surface area contributed by atoms with Crippen LogP contribution in [0.15, 0.2) is 25.6 Å². The quantitative estimate of drug-likeness (QED) is 0.728. The van der Waals surface area contributed by atoms with Crippen LogP contribution in [0, 0.1) is 0 Å². The fraction of sp³-hybridized carbons (Fsp3) is 0.125. The van der Waals surface area contributed by atoms with Gasteiger partial charge in [0.25, 0.3) is 0 Å². The molecule has 1 aromatic heterocycles. The summed E-state index contributed by atoms with van der Waals surface area (Å²) in [5.74, 6) is 0.303. The Kier molecular flexibility index (Phi) is 2.38. The van der Waals surface area contributed by atoms with Gasteiger partial charge in [-0.3, -0.25) is 0 Å². The first-order valence-electron chi connectivity index (χ1n) is 3.51. The molecule has 0 fully saturated rings. The molecule has 13 heavy (non-hydrogen) atoms. The zero-order chi connectivity index (χ0) is 10.1. The van der Waals surface area contributed by atoms with Gasteiger partial charge in [-0.05, 0) is 0 Å². The summed E-state index contributed by atoms with van der Waals surface area (Å²) in [5, 5.41) is 0. The fourth-order valence-electron chi connectivity index (χ4n) is 0.842. The SMILES string of the molecule is C=Cn1ccnc1C(=C)S(C)(=O)=O. The molecule has 1 rings (SSSR count). The molecule has 1 aromatic rings. The molecule has 0 radical (unpaired) electrons. The highest BCUT2D eigenvalue weighted by Gasteiger charge is 2.14. The van der Waals surface area contributed by atoms with E-state index in [1.54, 1.807) is 6.20 Å². The molecule has 70 valence electrons. The van der Waals surface area contributed by atoms with Gasteiger partial charge in [0.15, 0.2) is 15.7 Å². The molecule has 1 heterocycles. The van der Waals surface area contributed by atoms with E-state index in [0.717, 1.165) is 6.26 Å². The highest BCUT2D eigenvalue weighted by molar-refractivity contribution is 7.99. The van der Waals surface area contributed by atoms with Crippen molar-refractivity contribution in [2.24, 2.45) is 0 Å². The Balaban J connectivity index is 3.24. The van der Waals surface area contributed by atoms with Gasteiger partial charge < -0.3 is 4.57 Å². The van der Waals surface area contributed by atoms with Crippen LogP contribution in [0.3, 0.4) is 0 Å². The molecule has 5 heteroatoms. The van der Waals surface area contributed by atoms with Crippen LogP contribution in [0.25, 0.3) is 11.1 Å². The lowest BCUT2D eigenvalue weighted by Gasteiger charge is -2.02. The van der Waals surface area contributed by atoms with Gasteiger partial charge in [0.05, 0.1) is 0 Å². The molecule has 0 saturated carbocycles. The maximum absolute atomic E-state index is 11.1. The number of hydrogen-bond donors (Lipinski definition) is 0. The molecule has 0 bridgehead atoms. The van der Waals surface area contributed by atoms with Gasteiger partial charge in [-0.25, -0.2) is 13.4 Å². The maximum atomic E-state index is 11.1. The predicted octanol–water partition coefficient (Wildman–Crippen LogP) is 0.999. The van der Waals surface area contributed by atoms with Crippen LogP contribution in [0.1, 0.15) is 5.82 Å². The third kappa shape index (κ3) is 1.86. The van der Waals surface area contributed by atoms with Crippen LogP contribution in [-0.2, 0) is 9.84 Å². The number of sulfone groups is 1. The fourth-order valence-corrected chi connectivity index (χ4v) is 1.33. The second kappa shape index (κ2) is 3.18. The Morgan fingerprint density at radius 3 is 2.77 bits per heavy atom. The molecule has 4 nitrogen and oxygen atoms in total. The van der Waals surface area contributed by atoms with Crippen molar-refractivity contribution in [3.8, 4) is 0 Å². The Morgan fingerprint density at radius 1 is 1.69 bits per heavy atom. The second-order valence-corrected chi connectivity index (χ2v) is 4.57. The minimum Gasteiger partial charge on any atom is -0.307 e. The average Bonchev–Trinajstić information content (AvgIpc) is 2.48. The molecule has 0 spiro atoms. The van der Waals surface area contributed by atoms with E-state index >= 15 is 0 Å². The number of hydrogen-bond acceptors (Lipinski definition) is 3. The number of nitrogens with zero attached hydrogens (tertiary/aromatic N) is 2. The van der Waals surface area contributed by atoms with Gasteiger partial charge in [0.1, 0.15) is 4.91 Å². The summed E-state index contributed by atoms with van der Waals surface area (Å²) in [6.45, 7) is 6.97. The van der Waals surface area contributed by atoms with Gasteiger partial charge in [-0.1, -0.05) is 13.2 Å². The van der Waals surface area contributed by atoms with E-state index in [2.05, 4.69) is 18.1 Å². The molecule has 0 aromatic carbocycles. The first-order valence-corrected chi connectivity index (χ1v) is 5.40. The molecule has 0 aliphatic heterocycles. The van der Waals surface area contributed by atoms with Crippen molar-refractivity contribution in [1.29, 1.82) is 0 Å². The van der Waals surface area contributed by atoms with Crippen molar-refractivity contribution in [2.75, 3.05) is 6.26 Å². The van der Waals surface area contributed by atoms with Crippen LogP contribution in [0.4, 0.5) is 0 Å². The van der Waals surface area contributed by atoms with Crippen LogP contribution in [0.5, 0.6) is 0 Å². The third-order valence-corrected chi connectivity index (χ3v) is 2.64. The van der Waals surface area contributed by atoms with Gasteiger partial charge in [0, 0.05) is 24.8 Å². The summed E-state index contributed by atoms with van der Waals surface area (Å²) < 4.78 is 23.7. The number of rotatable bonds is 3. The van der Waals surface area contributed by atoms with Gasteiger partial charge >= 0.3 is 0 Å². The van der Waals surface area contributed by atoms with Crippen LogP contribution < -0.4 is 0 Å². The summed E-state index contributed by atoms with van der Waals surface area (Å²) in [7, 11) is -3.28. The lowest BCUT2D eigenvalue weighted by atomic mass is 10.6. The molecule has 0 N–H and O–H groups in total. The Labute approximate surface area is 77.1 Å². The van der Waals surface area contributed by atoms with E-state index in [4.69, 9.17) is 0 Å². The van der Waals surface area contributed by atoms with Gasteiger partial charge in [0.2, 0.25) is 0 Å². The number of imidazole rings is 1. The molecular weight excluding hydrogens is 188 g/mol. The average molecular weight is 198 g/mol. The summed E-state index contributed by atoms with van der Waals surface area (Å²) in [6, 6.07) is 0. The Bertz CT molecular complexity index is 442. The zero-order valence-electron chi connectivity index (χ0n) is 7.27. The van der Waals surface area contributed by atoms with E-state index in [1.807, 2.05) is 0 Å². The molecule has 0 aliphatic carbocycles. The van der Waals surface area contributed by atoms with Crippen LogP contribution >= 0.6 is 0 Å². The summed E-state index contributed by atoms with van der Waals surface area (Å²) in [4.78, 5) is 3.86. The molecule has 0 saturated heterocycles. The minimum atomic E-state index is -3.28. The zero-order valence-corrected chi connectivity index (χ0v) is 8.08. The summed E-state index contributed by atoms with van der Waals surface area (Å²) in [5.41, 5.74) is 0. The minimum absolute atomic E-state index is 0.00241. The van der Waals surface area contributed by atoms with E-state index in [0.29, 0.717) is 5.82 Å². The van der Waals surface area contributed by atoms with Crippen molar-refractivity contribution in [1.82, 2.24) is 9.55 Å². The van der Waals surface area contributed by atoms with Crippen molar-refractivity contribution < 1.29 is 8.42 Å². The summed E-state index contributed by atoms with van der Waals surface area (Å²) in [6.07, 6.45) is 5.67. The maximum Gasteiger partial charge on any atom is 0.178 e. The monoisotopic (exact) mass is 198 g/mol. The van der Waals surface area contributed by atoms with Crippen LogP contribution in [-0.4, -0.2) is 24.2 Å². The molecule has 0 unspecified atom stereocenters. The molecule has 0 aliphatic rings. The highest BCUT2D eigenvalue weighted by atomic mass is 32.2. The van der Waals surface area contributed by atoms with Gasteiger partial charge in [-0.15, -0.1) is 0 Å². The van der Waals surface area contributed by atoms with Crippen molar-refractivity contribution >= 4 is 20.9 Å². The van der Waals surface area contributed by atoms with Crippen LogP contribution in [0.2, 0.25) is 0 Å². The Hall–Kier alpha value is -1.36. The standard InChI is InChI=1S/C8H10N2O2S/c1-4-10-6-5-9-8(10)7(2)13(3,11)12/h4-6H,1-2H2,3H3. The van der Waals surface area contributed by atoms with Crippen molar-refractivity contribution in [3.63, 3.8) is 0 Å². The van der Waals surface area contributed by atoms with E-state index in [9.17, 15) is 8.42 Å². The first-order chi connectivity index (χ1) is 5.96. The van der Waals surface area contributed by atoms with E-state index in [1.165, 1.54) is 17.0 Å². The van der Waals surface area contributed by atoms with Crippen molar-refractivity contribution in [3.05, 3.63) is 31.4 Å². The Morgan fingerprint density at radius 2 is 2.31 bits per heavy atom. The molecule has 0 amide bonds. The lowest BCUT2D eigenvalue weighted by Crippen LogP contribution is -2.03. The first kappa shape index (κ1) is 9.73. The number of aromatic nitrogens is 2. The van der Waals surface area contributed by atoms with Crippen molar-refractivity contribution in [2.45, 2.75) is 0 Å². The topological polar surface area (TPSA) is 52.0 Å². The van der Waals surface area contributed by atoms with E-state index in [-0.39, 0.29) is 4.91 Å². The van der Waals surface area contributed by atoms with Gasteiger partial charge in [-0.2, -0.15) is 0 Å². The summed E-state index contributed by atoms with van der Waals surface area (Å²) >= 11 is 0. The largest absolute Gasteiger partial charge is 0.307 e. The van der Waals surface area contributed by atoms with E-state index < -0.39 is 9.84 Å². The molecular formula is C8H10N2O2S. The smallest absolute Gasteiger partial charge is 0.178 e. The normalized spacial score (nSPS) is 11.2. The molecule has 0 atom stereocenters. The lowest BCUT2D eigenvalue weighted by molar-refractivity contribution is 0.611. The second-order valence-electron chi connectivity index (χ2n) is 2.54. The predicted molar refractivity (Wildman–Crippen MR) is 52.5 cm³/mol. The highest BCUT2D eigenvalue weighted by Crippen LogP contribution is 2.15.